The third-order valence-corrected chi connectivity index (χ3v) is 12.0. The van der Waals surface area contributed by atoms with E-state index in [4.69, 9.17) is 27.9 Å². The lowest BCUT2D eigenvalue weighted by molar-refractivity contribution is -0.146. The fourth-order valence-electron chi connectivity index (χ4n) is 6.73. The number of methoxy groups -OCH3 is 1. The maximum absolute atomic E-state index is 13.8. The molecule has 1 N–H and O–H groups in total. The largest absolute Gasteiger partial charge is 0.503 e. The number of phenols is 1. The van der Waals surface area contributed by atoms with E-state index in [0.29, 0.717) is 15.6 Å². The van der Waals surface area contributed by atoms with Crippen LogP contribution in [0.1, 0.15) is 45.1 Å². The number of ether oxygens (including phenoxy) is 1. The van der Waals surface area contributed by atoms with E-state index in [1.165, 1.54) is 19.1 Å². The highest BCUT2D eigenvalue weighted by Crippen LogP contribution is 2.66. The van der Waals surface area contributed by atoms with Crippen molar-refractivity contribution in [3.63, 3.8) is 0 Å². The van der Waals surface area contributed by atoms with Crippen molar-refractivity contribution < 1.29 is 29.0 Å². The number of likely N-dealkylation sites (tertiary alicyclic amines) is 2. The number of carbonyl (C=O) groups excluding carboxylic acids is 4. The maximum atomic E-state index is 13.8. The molecule has 4 amide bonds. The number of aromatic hydroxyl groups is 1. The van der Waals surface area contributed by atoms with E-state index < -0.39 is 50.8 Å². The van der Waals surface area contributed by atoms with Crippen LogP contribution < -0.4 is 4.74 Å². The van der Waals surface area contributed by atoms with Crippen LogP contribution in [0.3, 0.4) is 0 Å². The summed E-state index contributed by atoms with van der Waals surface area (Å²) in [4.78, 5) is 52.9. The van der Waals surface area contributed by atoms with Gasteiger partial charge in [-0.25, -0.2) is 0 Å². The Balaban J connectivity index is 1.78. The first-order valence-corrected chi connectivity index (χ1v) is 14.4. The smallest absolute Gasteiger partial charge is 0.253 e. The fourth-order valence-corrected chi connectivity index (χ4v) is 8.69. The molecule has 0 unspecified atom stereocenters. The van der Waals surface area contributed by atoms with Crippen LogP contribution in [0.2, 0.25) is 0 Å². The summed E-state index contributed by atoms with van der Waals surface area (Å²) in [6.07, 6.45) is 2.06. The predicted octanol–water partition coefficient (Wildman–Crippen LogP) is 4.71. The van der Waals surface area contributed by atoms with Crippen LogP contribution in [0, 0.1) is 17.8 Å². The summed E-state index contributed by atoms with van der Waals surface area (Å²) >= 11 is 21.3. The summed E-state index contributed by atoms with van der Waals surface area (Å²) in [5.74, 6) is -4.91. The lowest BCUT2D eigenvalue weighted by atomic mass is 9.56. The fraction of sp³-hybridized carbons (Fsp3) is 0.538. The average molecular weight is 693 g/mol. The van der Waals surface area contributed by atoms with Gasteiger partial charge in [0.15, 0.2) is 21.2 Å². The zero-order valence-electron chi connectivity index (χ0n) is 21.3. The molecule has 8 nitrogen and oxygen atoms in total. The van der Waals surface area contributed by atoms with Gasteiger partial charge in [0.1, 0.15) is 0 Å². The van der Waals surface area contributed by atoms with E-state index in [1.807, 2.05) is 6.08 Å². The zero-order chi connectivity index (χ0) is 28.3. The van der Waals surface area contributed by atoms with E-state index in [2.05, 4.69) is 31.9 Å². The number of imide groups is 2. The third-order valence-electron chi connectivity index (χ3n) is 8.39. The number of fused-ring (bicyclic) bond motifs is 4. The van der Waals surface area contributed by atoms with Gasteiger partial charge in [0.05, 0.1) is 23.4 Å². The van der Waals surface area contributed by atoms with Gasteiger partial charge in [-0.3, -0.25) is 29.0 Å². The molecule has 0 spiro atoms. The molecule has 4 aliphatic rings. The van der Waals surface area contributed by atoms with Gasteiger partial charge >= 0.3 is 0 Å². The number of carbonyl (C=O) groups is 4. The van der Waals surface area contributed by atoms with Crippen molar-refractivity contribution in [3.05, 3.63) is 32.2 Å². The second-order valence-electron chi connectivity index (χ2n) is 11.3. The van der Waals surface area contributed by atoms with Crippen LogP contribution in [0.5, 0.6) is 11.5 Å². The first-order valence-electron chi connectivity index (χ1n) is 12.1. The molecule has 2 heterocycles. The van der Waals surface area contributed by atoms with E-state index in [0.717, 1.165) is 4.90 Å². The van der Waals surface area contributed by atoms with Crippen LogP contribution in [-0.4, -0.2) is 68.0 Å². The summed E-state index contributed by atoms with van der Waals surface area (Å²) in [6.45, 7) is 5.41. The Labute approximate surface area is 246 Å². The molecule has 1 aromatic carbocycles. The Bertz CT molecular complexity index is 1360. The highest BCUT2D eigenvalue weighted by atomic mass is 79.9. The Morgan fingerprint density at radius 3 is 2.26 bits per heavy atom. The van der Waals surface area contributed by atoms with E-state index in [-0.39, 0.29) is 40.6 Å². The Morgan fingerprint density at radius 2 is 1.68 bits per heavy atom. The molecular weight excluding hydrogens is 667 g/mol. The van der Waals surface area contributed by atoms with Crippen LogP contribution in [0.25, 0.3) is 0 Å². The molecule has 0 aromatic heterocycles. The first-order chi connectivity index (χ1) is 17.5. The van der Waals surface area contributed by atoms with Gasteiger partial charge < -0.3 is 9.84 Å². The lowest BCUT2D eigenvalue weighted by Crippen LogP contribution is -2.60. The molecule has 204 valence electrons. The van der Waals surface area contributed by atoms with E-state index in [9.17, 15) is 24.3 Å². The molecular formula is C26H26Br2Cl2N2O6. The summed E-state index contributed by atoms with van der Waals surface area (Å²) in [5.41, 5.74) is 0.375. The summed E-state index contributed by atoms with van der Waals surface area (Å²) in [5, 5.41) is 10.6. The van der Waals surface area contributed by atoms with Gasteiger partial charge in [-0.1, -0.05) is 11.6 Å². The number of alkyl halides is 2. The van der Waals surface area contributed by atoms with E-state index in [1.54, 1.807) is 26.8 Å². The number of benzene rings is 1. The van der Waals surface area contributed by atoms with Crippen molar-refractivity contribution >= 4 is 78.7 Å². The Hall–Kier alpha value is -1.62. The van der Waals surface area contributed by atoms with Gasteiger partial charge in [0, 0.05) is 23.0 Å². The van der Waals surface area contributed by atoms with Crippen LogP contribution >= 0.6 is 55.1 Å². The normalized spacial score (nSPS) is 34.8. The standard InChI is InChI=1S/C26H26Br2Cl2N2O6/c1-24(2,3)32-20(34)11-7-6-10-13(15(11)21(32)35)9-25(29)22(36)31(4)23(37)26(25,30)16(10)12-8-14(38-5)19(33)18(28)17(12)27/h6,8,11,13,15-16,33H,7,9H2,1-5H3/t11-,13+,15-,16+,25+,26-/m0/s1. The summed E-state index contributed by atoms with van der Waals surface area (Å²) in [7, 11) is 2.72. The molecule has 3 fully saturated rings. The first kappa shape index (κ1) is 27.9. The molecule has 2 aliphatic heterocycles. The maximum Gasteiger partial charge on any atom is 0.253 e. The van der Waals surface area contributed by atoms with Crippen molar-refractivity contribution in [3.8, 4) is 11.5 Å². The monoisotopic (exact) mass is 690 g/mol. The van der Waals surface area contributed by atoms with Crippen LogP contribution in [0.15, 0.2) is 26.7 Å². The minimum absolute atomic E-state index is 0.0819. The predicted molar refractivity (Wildman–Crippen MR) is 147 cm³/mol. The summed E-state index contributed by atoms with van der Waals surface area (Å²) in [6, 6.07) is 1.55. The van der Waals surface area contributed by atoms with Gasteiger partial charge in [0.25, 0.3) is 11.8 Å². The van der Waals surface area contributed by atoms with Gasteiger partial charge in [-0.05, 0) is 83.0 Å². The van der Waals surface area contributed by atoms with Crippen LogP contribution in [-0.2, 0) is 19.2 Å². The topological polar surface area (TPSA) is 104 Å². The molecule has 0 bridgehead atoms. The number of allylic oxidation sites excluding steroid dienone is 2. The molecule has 1 aromatic rings. The number of nitrogens with zero attached hydrogens (tertiary/aromatic N) is 2. The van der Waals surface area contributed by atoms with Crippen molar-refractivity contribution in [2.24, 2.45) is 17.8 Å². The number of halogens is 4. The zero-order valence-corrected chi connectivity index (χ0v) is 26.0. The van der Waals surface area contributed by atoms with Crippen molar-refractivity contribution in [2.75, 3.05) is 14.2 Å². The second-order valence-corrected chi connectivity index (χ2v) is 14.2. The quantitative estimate of drug-likeness (QED) is 0.274. The Morgan fingerprint density at radius 1 is 1.05 bits per heavy atom. The molecule has 5 rings (SSSR count). The lowest BCUT2D eigenvalue weighted by Gasteiger charge is -2.51. The molecule has 38 heavy (non-hydrogen) atoms. The molecule has 0 radical (unpaired) electrons. The highest BCUT2D eigenvalue weighted by Gasteiger charge is 2.76. The van der Waals surface area contributed by atoms with Gasteiger partial charge in [0.2, 0.25) is 11.8 Å². The SMILES string of the molecule is COc1cc([C@H]2C3=CC[C@@H]4C(=O)N(C(C)(C)C)C(=O)[C@@H]4[C@@H]3C[C@@]3(Cl)C(=O)N(C)C(=O)[C@@]23Cl)c(Br)c(Br)c1O. The van der Waals surface area contributed by atoms with Gasteiger partial charge in [-0.2, -0.15) is 0 Å². The number of amides is 4. The molecule has 6 atom stereocenters. The molecule has 2 aliphatic carbocycles. The molecule has 12 heteroatoms. The van der Waals surface area contributed by atoms with Crippen molar-refractivity contribution in [1.82, 2.24) is 9.80 Å². The molecule has 1 saturated carbocycles. The minimum atomic E-state index is -1.94. The van der Waals surface area contributed by atoms with Crippen LogP contribution in [0.4, 0.5) is 0 Å². The highest BCUT2D eigenvalue weighted by molar-refractivity contribution is 9.13. The third kappa shape index (κ3) is 3.32. The molecule has 2 saturated heterocycles. The van der Waals surface area contributed by atoms with E-state index >= 15 is 0 Å². The minimum Gasteiger partial charge on any atom is -0.503 e. The average Bonchev–Trinajstić information content (AvgIpc) is 3.18. The Kier molecular flexibility index (Phi) is 6.39. The van der Waals surface area contributed by atoms with Gasteiger partial charge in [-0.15, -0.1) is 23.2 Å². The summed E-state index contributed by atoms with van der Waals surface area (Å²) < 4.78 is 6.03. The number of hydrogen-bond donors (Lipinski definition) is 1. The van der Waals surface area contributed by atoms with Crippen molar-refractivity contribution in [2.45, 2.75) is 54.8 Å². The second kappa shape index (κ2) is 8.69. The number of phenolic OH excluding ortho intramolecular Hbond substituents is 1. The number of hydrogen-bond acceptors (Lipinski definition) is 6. The number of rotatable bonds is 2. The van der Waals surface area contributed by atoms with Crippen molar-refractivity contribution in [1.29, 1.82) is 0 Å².